The van der Waals surface area contributed by atoms with E-state index in [1.54, 1.807) is 4.90 Å². The van der Waals surface area contributed by atoms with Crippen molar-refractivity contribution in [3.63, 3.8) is 0 Å². The van der Waals surface area contributed by atoms with Crippen LogP contribution in [0, 0.1) is 11.6 Å². The molecule has 4 rings (SSSR count). The fourth-order valence-corrected chi connectivity index (χ4v) is 3.63. The third-order valence-electron chi connectivity index (χ3n) is 4.97. The van der Waals surface area contributed by atoms with E-state index in [9.17, 15) is 26.7 Å². The Bertz CT molecular complexity index is 951. The standard InChI is InChI=1S/C18H17F5N4O2/c19-11-7-12(20)9-13(8-11)27-14(18(21,22)23)1-2-26-16(28)10-15(24-17(26)27)25-3-5-29-6-4-25/h7-10,14H,1-6H2/t14-/m0/s1. The SMILES string of the molecule is O=c1cc(N2CCOCC2)nc2n1CC[C@@H](C(F)(F)F)N2c1cc(F)cc(F)c1. The Morgan fingerprint density at radius 3 is 2.28 bits per heavy atom. The largest absolute Gasteiger partial charge is 0.409 e. The van der Waals surface area contributed by atoms with Crippen LogP contribution in [0.15, 0.2) is 29.1 Å². The smallest absolute Gasteiger partial charge is 0.378 e. The van der Waals surface area contributed by atoms with Crippen molar-refractivity contribution >= 4 is 17.5 Å². The van der Waals surface area contributed by atoms with Gasteiger partial charge in [-0.15, -0.1) is 0 Å². The van der Waals surface area contributed by atoms with Gasteiger partial charge < -0.3 is 9.64 Å². The van der Waals surface area contributed by atoms with Crippen LogP contribution in [0.3, 0.4) is 0 Å². The molecule has 0 N–H and O–H groups in total. The number of morpholine rings is 1. The third-order valence-corrected chi connectivity index (χ3v) is 4.97. The van der Waals surface area contributed by atoms with Gasteiger partial charge in [0.05, 0.1) is 18.9 Å². The van der Waals surface area contributed by atoms with Gasteiger partial charge in [0, 0.05) is 31.8 Å². The summed E-state index contributed by atoms with van der Waals surface area (Å²) in [6.07, 6.45) is -5.14. The van der Waals surface area contributed by atoms with E-state index in [1.807, 2.05) is 0 Å². The molecule has 0 aliphatic carbocycles. The Balaban J connectivity index is 1.88. The molecule has 2 aromatic rings. The lowest BCUT2D eigenvalue weighted by Gasteiger charge is -2.39. The van der Waals surface area contributed by atoms with E-state index in [2.05, 4.69) is 4.98 Å². The number of hydrogen-bond donors (Lipinski definition) is 0. The second kappa shape index (κ2) is 7.29. The van der Waals surface area contributed by atoms with Gasteiger partial charge >= 0.3 is 6.18 Å². The quantitative estimate of drug-likeness (QED) is 0.705. The predicted octanol–water partition coefficient (Wildman–Crippen LogP) is 2.83. The van der Waals surface area contributed by atoms with Crippen LogP contribution in [-0.2, 0) is 11.3 Å². The molecular weight excluding hydrogens is 399 g/mol. The summed E-state index contributed by atoms with van der Waals surface area (Å²) in [6, 6.07) is 1.35. The van der Waals surface area contributed by atoms with Crippen LogP contribution in [0.25, 0.3) is 0 Å². The first-order chi connectivity index (χ1) is 13.7. The molecule has 2 aliphatic heterocycles. The Morgan fingerprint density at radius 1 is 1.00 bits per heavy atom. The van der Waals surface area contributed by atoms with E-state index in [4.69, 9.17) is 4.74 Å². The van der Waals surface area contributed by atoms with Gasteiger partial charge in [-0.2, -0.15) is 18.2 Å². The molecule has 29 heavy (non-hydrogen) atoms. The van der Waals surface area contributed by atoms with Gasteiger partial charge in [-0.25, -0.2) is 8.78 Å². The van der Waals surface area contributed by atoms with Crippen molar-refractivity contribution in [3.8, 4) is 0 Å². The summed E-state index contributed by atoms with van der Waals surface area (Å²) < 4.78 is 75.2. The number of benzene rings is 1. The van der Waals surface area contributed by atoms with Crippen molar-refractivity contribution in [1.82, 2.24) is 9.55 Å². The Hall–Kier alpha value is -2.69. The highest BCUT2D eigenvalue weighted by atomic mass is 19.4. The molecule has 1 saturated heterocycles. The molecule has 1 aromatic carbocycles. The van der Waals surface area contributed by atoms with Crippen LogP contribution in [0.5, 0.6) is 0 Å². The topological polar surface area (TPSA) is 50.6 Å². The highest BCUT2D eigenvalue weighted by Crippen LogP contribution is 2.39. The fourth-order valence-electron chi connectivity index (χ4n) is 3.63. The molecule has 1 aromatic heterocycles. The van der Waals surface area contributed by atoms with Gasteiger partial charge in [0.2, 0.25) is 5.95 Å². The number of anilines is 3. The van der Waals surface area contributed by atoms with Crippen molar-refractivity contribution < 1.29 is 26.7 Å². The molecule has 6 nitrogen and oxygen atoms in total. The second-order valence-electron chi connectivity index (χ2n) is 6.85. The summed E-state index contributed by atoms with van der Waals surface area (Å²) in [5.74, 6) is -2.14. The second-order valence-corrected chi connectivity index (χ2v) is 6.85. The number of alkyl halides is 3. The molecule has 0 spiro atoms. The molecule has 11 heteroatoms. The van der Waals surface area contributed by atoms with E-state index in [-0.39, 0.29) is 24.0 Å². The maximum absolute atomic E-state index is 13.8. The number of rotatable bonds is 2. The van der Waals surface area contributed by atoms with E-state index in [1.165, 1.54) is 6.07 Å². The minimum Gasteiger partial charge on any atom is -0.378 e. The Labute approximate surface area is 162 Å². The van der Waals surface area contributed by atoms with Crippen LogP contribution < -0.4 is 15.4 Å². The molecule has 156 valence electrons. The molecule has 0 saturated carbocycles. The molecule has 1 fully saturated rings. The minimum atomic E-state index is -4.69. The zero-order chi connectivity index (χ0) is 20.8. The maximum atomic E-state index is 13.8. The van der Waals surface area contributed by atoms with E-state index < -0.39 is 35.8 Å². The van der Waals surface area contributed by atoms with Crippen LogP contribution in [0.4, 0.5) is 39.4 Å². The van der Waals surface area contributed by atoms with Crippen LogP contribution in [-0.4, -0.2) is 48.1 Å². The lowest BCUT2D eigenvalue weighted by molar-refractivity contribution is -0.150. The van der Waals surface area contributed by atoms with Gasteiger partial charge in [-0.05, 0) is 18.6 Å². The highest BCUT2D eigenvalue weighted by Gasteiger charge is 2.47. The average molecular weight is 416 g/mol. The molecule has 3 heterocycles. The summed E-state index contributed by atoms with van der Waals surface area (Å²) in [6.45, 7) is 1.43. The molecule has 0 amide bonds. The normalized spacial score (nSPS) is 20.0. The summed E-state index contributed by atoms with van der Waals surface area (Å²) in [5.41, 5.74) is -0.886. The van der Waals surface area contributed by atoms with Crippen molar-refractivity contribution in [2.24, 2.45) is 0 Å². The molecule has 1 atom stereocenters. The van der Waals surface area contributed by atoms with Crippen LogP contribution >= 0.6 is 0 Å². The van der Waals surface area contributed by atoms with Gasteiger partial charge in [0.25, 0.3) is 5.56 Å². The van der Waals surface area contributed by atoms with Crippen molar-refractivity contribution in [3.05, 3.63) is 46.3 Å². The van der Waals surface area contributed by atoms with Crippen molar-refractivity contribution in [2.45, 2.75) is 25.2 Å². The highest BCUT2D eigenvalue weighted by molar-refractivity contribution is 5.62. The molecule has 0 radical (unpaired) electrons. The van der Waals surface area contributed by atoms with E-state index >= 15 is 0 Å². The van der Waals surface area contributed by atoms with Crippen molar-refractivity contribution in [2.75, 3.05) is 36.1 Å². The number of fused-ring (bicyclic) bond motifs is 1. The first-order valence-electron chi connectivity index (χ1n) is 9.00. The first-order valence-corrected chi connectivity index (χ1v) is 9.00. The molecular formula is C18H17F5N4O2. The Kier molecular flexibility index (Phi) is 4.93. The monoisotopic (exact) mass is 416 g/mol. The average Bonchev–Trinajstić information content (AvgIpc) is 2.66. The molecule has 0 unspecified atom stereocenters. The van der Waals surface area contributed by atoms with Crippen LogP contribution in [0.2, 0.25) is 0 Å². The van der Waals surface area contributed by atoms with Gasteiger partial charge in [-0.1, -0.05) is 0 Å². The van der Waals surface area contributed by atoms with Gasteiger partial charge in [0.1, 0.15) is 23.5 Å². The summed E-state index contributed by atoms with van der Waals surface area (Å²) >= 11 is 0. The zero-order valence-electron chi connectivity index (χ0n) is 15.1. The maximum Gasteiger partial charge on any atom is 0.409 e. The van der Waals surface area contributed by atoms with E-state index in [0.29, 0.717) is 37.3 Å². The Morgan fingerprint density at radius 2 is 1.66 bits per heavy atom. The summed E-state index contributed by atoms with van der Waals surface area (Å²) in [5, 5.41) is 0. The van der Waals surface area contributed by atoms with Crippen LogP contribution in [0.1, 0.15) is 6.42 Å². The number of hydrogen-bond acceptors (Lipinski definition) is 5. The third kappa shape index (κ3) is 3.78. The molecule has 2 aliphatic rings. The number of halogens is 5. The number of aromatic nitrogens is 2. The predicted molar refractivity (Wildman–Crippen MR) is 94.5 cm³/mol. The lowest BCUT2D eigenvalue weighted by Crippen LogP contribution is -2.50. The van der Waals surface area contributed by atoms with Gasteiger partial charge in [0.15, 0.2) is 0 Å². The van der Waals surface area contributed by atoms with Crippen molar-refractivity contribution in [1.29, 1.82) is 0 Å². The lowest BCUT2D eigenvalue weighted by atomic mass is 10.1. The first kappa shape index (κ1) is 19.6. The number of nitrogens with zero attached hydrogens (tertiary/aromatic N) is 4. The van der Waals surface area contributed by atoms with E-state index in [0.717, 1.165) is 16.7 Å². The molecule has 0 bridgehead atoms. The van der Waals surface area contributed by atoms with Gasteiger partial charge in [-0.3, -0.25) is 14.3 Å². The fraction of sp³-hybridized carbons (Fsp3) is 0.444. The summed E-state index contributed by atoms with van der Waals surface area (Å²) in [7, 11) is 0. The summed E-state index contributed by atoms with van der Waals surface area (Å²) in [4.78, 5) is 19.3. The minimum absolute atomic E-state index is 0.203. The number of ether oxygens (including phenoxy) is 1. The zero-order valence-corrected chi connectivity index (χ0v) is 15.1.